The summed E-state index contributed by atoms with van der Waals surface area (Å²) < 4.78 is 0. The molecule has 0 fully saturated rings. The molecule has 0 saturated carbocycles. The molecule has 0 aromatic heterocycles. The summed E-state index contributed by atoms with van der Waals surface area (Å²) in [5, 5.41) is 0. The third-order valence-corrected chi connectivity index (χ3v) is 3.89. The molecule has 0 aromatic carbocycles. The molecule has 0 amide bonds. The van der Waals surface area contributed by atoms with Crippen LogP contribution in [0.4, 0.5) is 0 Å². The fourth-order valence-corrected chi connectivity index (χ4v) is 2.57. The van der Waals surface area contributed by atoms with E-state index >= 15 is 0 Å². The first-order valence-corrected chi connectivity index (χ1v) is 8.77. The van der Waals surface area contributed by atoms with Gasteiger partial charge in [-0.05, 0) is 5.92 Å². The van der Waals surface area contributed by atoms with Gasteiger partial charge in [-0.15, -0.1) is 0 Å². The molecule has 6 N–H and O–H groups in total. The normalized spacial score (nSPS) is 10.2. The average Bonchev–Trinajstić information content (AvgIpc) is 2.34. The molecule has 2 heteroatoms. The van der Waals surface area contributed by atoms with Gasteiger partial charge in [0.2, 0.25) is 0 Å². The summed E-state index contributed by atoms with van der Waals surface area (Å²) >= 11 is 0. The molecule has 20 heavy (non-hydrogen) atoms. The highest BCUT2D eigenvalue weighted by molar-refractivity contribution is 4.50. The van der Waals surface area contributed by atoms with E-state index in [9.17, 15) is 0 Å². The van der Waals surface area contributed by atoms with Gasteiger partial charge in [-0.2, -0.15) is 0 Å². The van der Waals surface area contributed by atoms with Crippen molar-refractivity contribution in [3.8, 4) is 0 Å². The zero-order valence-electron chi connectivity index (χ0n) is 14.9. The van der Waals surface area contributed by atoms with Crippen molar-refractivity contribution in [3.63, 3.8) is 0 Å². The van der Waals surface area contributed by atoms with Crippen LogP contribution in [0.2, 0.25) is 0 Å². The third-order valence-electron chi connectivity index (χ3n) is 3.89. The lowest BCUT2D eigenvalue weighted by Crippen LogP contribution is -1.87. The van der Waals surface area contributed by atoms with Crippen LogP contribution in [0.1, 0.15) is 111 Å². The lowest BCUT2D eigenvalue weighted by atomic mass is 10.0. The fourth-order valence-electron chi connectivity index (χ4n) is 2.57. The molecule has 0 aliphatic heterocycles. The van der Waals surface area contributed by atoms with Crippen LogP contribution < -0.4 is 12.3 Å². The molecule has 0 radical (unpaired) electrons. The maximum absolute atomic E-state index is 2.33. The lowest BCUT2D eigenvalue weighted by Gasteiger charge is -2.04. The van der Waals surface area contributed by atoms with E-state index in [0.717, 1.165) is 5.92 Å². The van der Waals surface area contributed by atoms with Gasteiger partial charge in [-0.25, -0.2) is 0 Å². The summed E-state index contributed by atoms with van der Waals surface area (Å²) in [6, 6.07) is 0. The molecule has 126 valence electrons. The van der Waals surface area contributed by atoms with E-state index < -0.39 is 0 Å². The molecule has 0 unspecified atom stereocenters. The number of hydrogen-bond donors (Lipinski definition) is 2. The quantitative estimate of drug-likeness (QED) is 0.326. The maximum Gasteiger partial charge on any atom is -0.0471 e. The highest BCUT2D eigenvalue weighted by atomic mass is 14.0. The monoisotopic (exact) mass is 288 g/mol. The van der Waals surface area contributed by atoms with Crippen molar-refractivity contribution in [2.75, 3.05) is 0 Å². The van der Waals surface area contributed by atoms with Crippen molar-refractivity contribution < 1.29 is 0 Å². The summed E-state index contributed by atoms with van der Waals surface area (Å²) in [5.74, 6) is 0.901. The average molecular weight is 289 g/mol. The van der Waals surface area contributed by atoms with Crippen LogP contribution in [0.25, 0.3) is 0 Å². The van der Waals surface area contributed by atoms with Gasteiger partial charge in [0.05, 0.1) is 0 Å². The topological polar surface area (TPSA) is 70.0 Å². The molecule has 0 rings (SSSR count). The number of unbranched alkanes of at least 4 members (excludes halogenated alkanes) is 12. The number of hydrogen-bond acceptors (Lipinski definition) is 2. The van der Waals surface area contributed by atoms with Gasteiger partial charge in [0.15, 0.2) is 0 Å². The van der Waals surface area contributed by atoms with Gasteiger partial charge in [-0.3, -0.25) is 0 Å². The molecule has 0 atom stereocenters. The summed E-state index contributed by atoms with van der Waals surface area (Å²) in [4.78, 5) is 0. The Kier molecular flexibility index (Phi) is 26.4. The Hall–Kier alpha value is -0.0800. The molecular formula is C18H44N2. The Morgan fingerprint density at radius 2 is 0.800 bits per heavy atom. The predicted molar refractivity (Wildman–Crippen MR) is 95.2 cm³/mol. The van der Waals surface area contributed by atoms with Gasteiger partial charge in [-0.1, -0.05) is 111 Å². The molecule has 0 aliphatic rings. The molecular weight excluding hydrogens is 244 g/mol. The standard InChI is InChI=1S/C18H38.2H3N/c1-4-5-6-7-8-9-10-11-12-13-14-15-16-17-18(2)3;;/h18H,4-17H2,1-3H3;2*1H3. The van der Waals surface area contributed by atoms with Crippen LogP contribution >= 0.6 is 0 Å². The summed E-state index contributed by atoms with van der Waals surface area (Å²) in [5.41, 5.74) is 0. The molecule has 0 heterocycles. The van der Waals surface area contributed by atoms with Gasteiger partial charge in [0.25, 0.3) is 0 Å². The largest absolute Gasteiger partial charge is 0.344 e. The molecule has 0 aliphatic carbocycles. The second-order valence-electron chi connectivity index (χ2n) is 6.43. The van der Waals surface area contributed by atoms with Crippen molar-refractivity contribution in [1.29, 1.82) is 0 Å². The van der Waals surface area contributed by atoms with Crippen molar-refractivity contribution in [2.24, 2.45) is 5.92 Å². The predicted octanol–water partition coefficient (Wildman–Crippen LogP) is 7.45. The van der Waals surface area contributed by atoms with E-state index in [-0.39, 0.29) is 12.3 Å². The minimum absolute atomic E-state index is 0. The van der Waals surface area contributed by atoms with E-state index in [1.165, 1.54) is 89.9 Å². The van der Waals surface area contributed by atoms with Crippen molar-refractivity contribution in [1.82, 2.24) is 12.3 Å². The molecule has 0 aromatic rings. The van der Waals surface area contributed by atoms with Gasteiger partial charge in [0, 0.05) is 0 Å². The minimum atomic E-state index is 0. The Morgan fingerprint density at radius 1 is 0.500 bits per heavy atom. The Morgan fingerprint density at radius 3 is 1.10 bits per heavy atom. The SMILES string of the molecule is CCCCCCCCCCCCCCCC(C)C.N.N. The third kappa shape index (κ3) is 23.0. The molecule has 2 nitrogen and oxygen atoms in total. The zero-order valence-corrected chi connectivity index (χ0v) is 14.9. The zero-order chi connectivity index (χ0) is 13.5. The van der Waals surface area contributed by atoms with Crippen molar-refractivity contribution in [2.45, 2.75) is 111 Å². The van der Waals surface area contributed by atoms with Crippen LogP contribution in [0.5, 0.6) is 0 Å². The van der Waals surface area contributed by atoms with E-state index in [1.54, 1.807) is 0 Å². The second-order valence-corrected chi connectivity index (χ2v) is 6.43. The first-order valence-electron chi connectivity index (χ1n) is 8.77. The summed E-state index contributed by atoms with van der Waals surface area (Å²) in [7, 11) is 0. The first kappa shape index (κ1) is 24.9. The highest BCUT2D eigenvalue weighted by Gasteiger charge is 1.95. The van der Waals surface area contributed by atoms with E-state index in [1.807, 2.05) is 0 Å². The van der Waals surface area contributed by atoms with Crippen LogP contribution in [0.15, 0.2) is 0 Å². The minimum Gasteiger partial charge on any atom is -0.344 e. The lowest BCUT2D eigenvalue weighted by molar-refractivity contribution is 0.503. The van der Waals surface area contributed by atoms with Crippen LogP contribution in [0.3, 0.4) is 0 Å². The highest BCUT2D eigenvalue weighted by Crippen LogP contribution is 2.14. The smallest absolute Gasteiger partial charge is 0.0471 e. The molecule has 0 bridgehead atoms. The summed E-state index contributed by atoms with van der Waals surface area (Å²) in [6.07, 6.45) is 20.5. The Labute approximate surface area is 129 Å². The van der Waals surface area contributed by atoms with Crippen molar-refractivity contribution >= 4 is 0 Å². The van der Waals surface area contributed by atoms with E-state index in [2.05, 4.69) is 20.8 Å². The Bertz CT molecular complexity index is 146. The van der Waals surface area contributed by atoms with Gasteiger partial charge < -0.3 is 12.3 Å². The second kappa shape index (κ2) is 21.2. The first-order chi connectivity index (χ1) is 8.77. The van der Waals surface area contributed by atoms with Gasteiger partial charge in [0.1, 0.15) is 0 Å². The van der Waals surface area contributed by atoms with E-state index in [0.29, 0.717) is 0 Å². The molecule has 0 saturated heterocycles. The molecule has 0 spiro atoms. The maximum atomic E-state index is 2.33. The number of rotatable bonds is 14. The van der Waals surface area contributed by atoms with E-state index in [4.69, 9.17) is 0 Å². The van der Waals surface area contributed by atoms with Crippen LogP contribution in [0, 0.1) is 5.92 Å². The Balaban J connectivity index is -0.00000144. The fraction of sp³-hybridized carbons (Fsp3) is 1.00. The van der Waals surface area contributed by atoms with Crippen molar-refractivity contribution in [3.05, 3.63) is 0 Å². The van der Waals surface area contributed by atoms with Crippen LogP contribution in [-0.4, -0.2) is 0 Å². The van der Waals surface area contributed by atoms with Gasteiger partial charge >= 0.3 is 0 Å². The summed E-state index contributed by atoms with van der Waals surface area (Å²) in [6.45, 7) is 6.96. The van der Waals surface area contributed by atoms with Crippen LogP contribution in [-0.2, 0) is 0 Å².